The van der Waals surface area contributed by atoms with Crippen LogP contribution in [-0.2, 0) is 0 Å². The molecule has 0 radical (unpaired) electrons. The highest BCUT2D eigenvalue weighted by molar-refractivity contribution is 7.14. The van der Waals surface area contributed by atoms with E-state index in [1.54, 1.807) is 5.38 Å². The Morgan fingerprint density at radius 3 is 2.90 bits per heavy atom. The molecule has 0 unspecified atom stereocenters. The van der Waals surface area contributed by atoms with Crippen LogP contribution >= 0.6 is 22.9 Å². The monoisotopic (exact) mass is 321 g/mol. The Morgan fingerprint density at radius 2 is 2.14 bits per heavy atom. The highest BCUT2D eigenvalue weighted by atomic mass is 35.5. The first-order chi connectivity index (χ1) is 10.2. The van der Waals surface area contributed by atoms with Crippen LogP contribution in [0.15, 0.2) is 29.6 Å². The summed E-state index contributed by atoms with van der Waals surface area (Å²) in [6, 6.07) is 7.72. The van der Waals surface area contributed by atoms with Crippen molar-refractivity contribution in [1.82, 2.24) is 10.3 Å². The zero-order valence-electron chi connectivity index (χ0n) is 11.4. The molecular weight excluding hydrogens is 306 g/mol. The average Bonchev–Trinajstić information content (AvgIpc) is 3.10. The Balaban J connectivity index is 1.64. The van der Waals surface area contributed by atoms with Crippen molar-refractivity contribution in [3.63, 3.8) is 0 Å². The Kier molecular flexibility index (Phi) is 4.41. The largest absolute Gasteiger partial charge is 0.348 e. The van der Waals surface area contributed by atoms with E-state index < -0.39 is 0 Å². The van der Waals surface area contributed by atoms with Crippen LogP contribution in [0.3, 0.4) is 0 Å². The number of rotatable bonds is 4. The molecule has 0 bridgehead atoms. The molecule has 1 amide bonds. The number of amides is 1. The van der Waals surface area contributed by atoms with E-state index >= 15 is 0 Å². The third-order valence-corrected chi connectivity index (χ3v) is 4.50. The van der Waals surface area contributed by atoms with Gasteiger partial charge in [0.15, 0.2) is 5.13 Å². The van der Waals surface area contributed by atoms with Crippen molar-refractivity contribution >= 4 is 39.7 Å². The number of nitrogens with one attached hydrogen (secondary N) is 2. The van der Waals surface area contributed by atoms with Gasteiger partial charge in [-0.3, -0.25) is 4.79 Å². The Bertz CT molecular complexity index is 637. The van der Waals surface area contributed by atoms with E-state index in [1.807, 2.05) is 24.3 Å². The normalized spacial score (nSPS) is 15.1. The van der Waals surface area contributed by atoms with E-state index in [0.29, 0.717) is 21.9 Å². The Morgan fingerprint density at radius 1 is 1.33 bits per heavy atom. The summed E-state index contributed by atoms with van der Waals surface area (Å²) in [5, 5.41) is 9.32. The summed E-state index contributed by atoms with van der Waals surface area (Å²) < 4.78 is 0. The van der Waals surface area contributed by atoms with Gasteiger partial charge in [-0.15, -0.1) is 11.3 Å². The highest BCUT2D eigenvalue weighted by Gasteiger charge is 2.19. The maximum atomic E-state index is 12.1. The number of anilines is 2. The number of carbonyl (C=O) groups excluding carboxylic acids is 1. The van der Waals surface area contributed by atoms with Gasteiger partial charge < -0.3 is 10.6 Å². The number of hydrogen-bond acceptors (Lipinski definition) is 4. The minimum absolute atomic E-state index is 0.0858. The minimum Gasteiger partial charge on any atom is -0.348 e. The van der Waals surface area contributed by atoms with Crippen LogP contribution in [-0.4, -0.2) is 16.9 Å². The molecule has 1 aliphatic carbocycles. The lowest BCUT2D eigenvalue weighted by Crippen LogP contribution is -2.32. The van der Waals surface area contributed by atoms with Gasteiger partial charge in [-0.05, 0) is 31.0 Å². The van der Waals surface area contributed by atoms with Gasteiger partial charge in [-0.2, -0.15) is 0 Å². The zero-order chi connectivity index (χ0) is 14.7. The van der Waals surface area contributed by atoms with E-state index in [4.69, 9.17) is 11.6 Å². The van der Waals surface area contributed by atoms with E-state index in [0.717, 1.165) is 18.5 Å². The molecule has 0 spiro atoms. The lowest BCUT2D eigenvalue weighted by molar-refractivity contribution is 0.0933. The third-order valence-electron chi connectivity index (χ3n) is 3.50. The molecule has 6 heteroatoms. The van der Waals surface area contributed by atoms with E-state index in [-0.39, 0.29) is 5.91 Å². The van der Waals surface area contributed by atoms with Gasteiger partial charge in [0.1, 0.15) is 5.69 Å². The molecule has 0 atom stereocenters. The quantitative estimate of drug-likeness (QED) is 0.886. The van der Waals surface area contributed by atoms with Crippen molar-refractivity contribution in [3.05, 3.63) is 40.4 Å². The van der Waals surface area contributed by atoms with Crippen LogP contribution in [0.4, 0.5) is 10.8 Å². The lowest BCUT2D eigenvalue weighted by Gasteiger charge is -2.09. The summed E-state index contributed by atoms with van der Waals surface area (Å²) in [4.78, 5) is 16.4. The first-order valence-electron chi connectivity index (χ1n) is 7.00. The van der Waals surface area contributed by atoms with Crippen LogP contribution in [0, 0.1) is 0 Å². The van der Waals surface area contributed by atoms with Gasteiger partial charge in [0.25, 0.3) is 5.91 Å². The molecule has 110 valence electrons. The average molecular weight is 322 g/mol. The molecule has 1 fully saturated rings. The smallest absolute Gasteiger partial charge is 0.271 e. The molecule has 4 nitrogen and oxygen atoms in total. The number of hydrogen-bond donors (Lipinski definition) is 2. The summed E-state index contributed by atoms with van der Waals surface area (Å²) in [7, 11) is 0. The van der Waals surface area contributed by atoms with Crippen molar-refractivity contribution in [2.45, 2.75) is 31.7 Å². The van der Waals surface area contributed by atoms with E-state index in [1.165, 1.54) is 24.2 Å². The first-order valence-corrected chi connectivity index (χ1v) is 8.25. The molecule has 2 N–H and O–H groups in total. The van der Waals surface area contributed by atoms with Crippen molar-refractivity contribution in [1.29, 1.82) is 0 Å². The molecule has 1 aromatic heterocycles. The maximum absolute atomic E-state index is 12.1. The fraction of sp³-hybridized carbons (Fsp3) is 0.333. The highest BCUT2D eigenvalue weighted by Crippen LogP contribution is 2.23. The predicted molar refractivity (Wildman–Crippen MR) is 86.6 cm³/mol. The number of benzene rings is 1. The SMILES string of the molecule is O=C(NC1CCCC1)c1csc(Nc2cccc(Cl)c2)n1. The van der Waals surface area contributed by atoms with Gasteiger partial charge in [0, 0.05) is 22.1 Å². The van der Waals surface area contributed by atoms with Crippen molar-refractivity contribution in [3.8, 4) is 0 Å². The molecule has 3 rings (SSSR count). The Labute approximate surface area is 132 Å². The summed E-state index contributed by atoms with van der Waals surface area (Å²) >= 11 is 7.35. The molecule has 0 saturated heterocycles. The van der Waals surface area contributed by atoms with E-state index in [9.17, 15) is 4.79 Å². The second-order valence-electron chi connectivity index (χ2n) is 5.13. The second-order valence-corrected chi connectivity index (χ2v) is 6.42. The molecule has 1 aliphatic rings. The number of thiazole rings is 1. The molecule has 2 aromatic rings. The standard InChI is InChI=1S/C15H16ClN3OS/c16-10-4-3-7-12(8-10)18-15-19-13(9-21-15)14(20)17-11-5-1-2-6-11/h3-4,7-9,11H,1-2,5-6H2,(H,17,20)(H,18,19). The van der Waals surface area contributed by atoms with Crippen LogP contribution in [0.2, 0.25) is 5.02 Å². The molecule has 21 heavy (non-hydrogen) atoms. The minimum atomic E-state index is -0.0858. The number of halogens is 1. The van der Waals surface area contributed by atoms with Crippen molar-refractivity contribution < 1.29 is 4.79 Å². The summed E-state index contributed by atoms with van der Waals surface area (Å²) in [5.74, 6) is -0.0858. The maximum Gasteiger partial charge on any atom is 0.271 e. The van der Waals surface area contributed by atoms with E-state index in [2.05, 4.69) is 15.6 Å². The van der Waals surface area contributed by atoms with Gasteiger partial charge in [0.05, 0.1) is 0 Å². The van der Waals surface area contributed by atoms with Gasteiger partial charge in [-0.1, -0.05) is 30.5 Å². The number of carbonyl (C=O) groups is 1. The third kappa shape index (κ3) is 3.74. The summed E-state index contributed by atoms with van der Waals surface area (Å²) in [6.45, 7) is 0. The van der Waals surface area contributed by atoms with Gasteiger partial charge in [-0.25, -0.2) is 4.98 Å². The number of nitrogens with zero attached hydrogens (tertiary/aromatic N) is 1. The number of aromatic nitrogens is 1. The summed E-state index contributed by atoms with van der Waals surface area (Å²) in [6.07, 6.45) is 4.54. The van der Waals surface area contributed by atoms with Crippen LogP contribution in [0.5, 0.6) is 0 Å². The molecule has 1 saturated carbocycles. The van der Waals surface area contributed by atoms with Gasteiger partial charge >= 0.3 is 0 Å². The molecule has 1 heterocycles. The topological polar surface area (TPSA) is 54.0 Å². The van der Waals surface area contributed by atoms with Crippen LogP contribution < -0.4 is 10.6 Å². The Hall–Kier alpha value is -1.59. The zero-order valence-corrected chi connectivity index (χ0v) is 13.0. The van der Waals surface area contributed by atoms with Crippen LogP contribution in [0.25, 0.3) is 0 Å². The second kappa shape index (κ2) is 6.45. The van der Waals surface area contributed by atoms with Crippen molar-refractivity contribution in [2.75, 3.05) is 5.32 Å². The van der Waals surface area contributed by atoms with Crippen LogP contribution in [0.1, 0.15) is 36.2 Å². The van der Waals surface area contributed by atoms with Crippen molar-refractivity contribution in [2.24, 2.45) is 0 Å². The summed E-state index contributed by atoms with van der Waals surface area (Å²) in [5.41, 5.74) is 1.33. The molecule has 1 aromatic carbocycles. The fourth-order valence-corrected chi connectivity index (χ4v) is 3.36. The first kappa shape index (κ1) is 14.4. The predicted octanol–water partition coefficient (Wildman–Crippen LogP) is 4.21. The molecule has 0 aliphatic heterocycles. The lowest BCUT2D eigenvalue weighted by atomic mass is 10.2. The molecular formula is C15H16ClN3OS. The van der Waals surface area contributed by atoms with Gasteiger partial charge in [0.2, 0.25) is 0 Å². The fourth-order valence-electron chi connectivity index (χ4n) is 2.45.